The Labute approximate surface area is 63.2 Å². The Morgan fingerprint density at radius 2 is 2.00 bits per heavy atom. The zero-order valence-electron chi connectivity index (χ0n) is 6.77. The summed E-state index contributed by atoms with van der Waals surface area (Å²) in [5.74, 6) is 1.04. The van der Waals surface area contributed by atoms with Gasteiger partial charge < -0.3 is 5.32 Å². The van der Waals surface area contributed by atoms with Crippen LogP contribution in [0.5, 0.6) is 0 Å². The van der Waals surface area contributed by atoms with E-state index in [1.54, 1.807) is 0 Å². The molecular formula is C9H17N. The molecule has 1 saturated carbocycles. The van der Waals surface area contributed by atoms with Crippen molar-refractivity contribution in [1.29, 1.82) is 0 Å². The molecule has 0 spiro atoms. The van der Waals surface area contributed by atoms with Gasteiger partial charge in [-0.3, -0.25) is 0 Å². The Morgan fingerprint density at radius 3 is 2.90 bits per heavy atom. The molecule has 1 nitrogen and oxygen atoms in total. The second-order valence-electron chi connectivity index (χ2n) is 3.94. The zero-order chi connectivity index (χ0) is 6.97. The van der Waals surface area contributed by atoms with E-state index < -0.39 is 0 Å². The maximum atomic E-state index is 3.68. The summed E-state index contributed by atoms with van der Waals surface area (Å²) in [6, 6.07) is 1.68. The van der Waals surface area contributed by atoms with Gasteiger partial charge in [0.05, 0.1) is 0 Å². The van der Waals surface area contributed by atoms with Gasteiger partial charge >= 0.3 is 0 Å². The average Bonchev–Trinajstić information content (AvgIpc) is 2.33. The molecule has 3 atom stereocenters. The van der Waals surface area contributed by atoms with Gasteiger partial charge in [-0.15, -0.1) is 0 Å². The van der Waals surface area contributed by atoms with Gasteiger partial charge in [0.15, 0.2) is 0 Å². The maximum absolute atomic E-state index is 3.68. The van der Waals surface area contributed by atoms with Crippen LogP contribution in [0.15, 0.2) is 0 Å². The molecule has 1 heterocycles. The highest BCUT2D eigenvalue weighted by molar-refractivity contribution is 4.89. The van der Waals surface area contributed by atoms with Crippen LogP contribution in [0.1, 0.15) is 39.0 Å². The van der Waals surface area contributed by atoms with Crippen molar-refractivity contribution in [2.45, 2.75) is 51.1 Å². The normalized spacial score (nSPS) is 47.1. The third-order valence-corrected chi connectivity index (χ3v) is 3.13. The van der Waals surface area contributed by atoms with E-state index >= 15 is 0 Å². The lowest BCUT2D eigenvalue weighted by atomic mass is 9.90. The SMILES string of the molecule is CC1CCC2CCCC2N1. The molecule has 1 heteroatoms. The van der Waals surface area contributed by atoms with Crippen molar-refractivity contribution in [2.24, 2.45) is 5.92 Å². The maximum Gasteiger partial charge on any atom is 0.00978 e. The van der Waals surface area contributed by atoms with Crippen LogP contribution in [0.3, 0.4) is 0 Å². The lowest BCUT2D eigenvalue weighted by molar-refractivity contribution is 0.269. The van der Waals surface area contributed by atoms with E-state index in [2.05, 4.69) is 12.2 Å². The van der Waals surface area contributed by atoms with Crippen LogP contribution in [-0.2, 0) is 0 Å². The molecule has 0 radical (unpaired) electrons. The number of piperidine rings is 1. The minimum Gasteiger partial charge on any atom is -0.311 e. The molecule has 1 aliphatic heterocycles. The molecule has 1 aliphatic carbocycles. The first-order valence-corrected chi connectivity index (χ1v) is 4.62. The summed E-state index contributed by atoms with van der Waals surface area (Å²) in [4.78, 5) is 0. The summed E-state index contributed by atoms with van der Waals surface area (Å²) in [7, 11) is 0. The second-order valence-corrected chi connectivity index (χ2v) is 3.94. The Bertz CT molecular complexity index is 122. The first-order chi connectivity index (χ1) is 4.86. The summed E-state index contributed by atoms with van der Waals surface area (Å²) in [6.45, 7) is 2.31. The van der Waals surface area contributed by atoms with E-state index in [0.29, 0.717) is 0 Å². The third kappa shape index (κ3) is 1.07. The predicted octanol–water partition coefficient (Wildman–Crippen LogP) is 1.93. The fourth-order valence-corrected chi connectivity index (χ4v) is 2.51. The Balaban J connectivity index is 1.96. The van der Waals surface area contributed by atoms with Crippen LogP contribution in [0, 0.1) is 5.92 Å². The number of fused-ring (bicyclic) bond motifs is 1. The van der Waals surface area contributed by atoms with Crippen molar-refractivity contribution in [2.75, 3.05) is 0 Å². The fourth-order valence-electron chi connectivity index (χ4n) is 2.51. The van der Waals surface area contributed by atoms with Gasteiger partial charge in [0.2, 0.25) is 0 Å². The van der Waals surface area contributed by atoms with Crippen LogP contribution in [0.4, 0.5) is 0 Å². The molecular weight excluding hydrogens is 122 g/mol. The lowest BCUT2D eigenvalue weighted by Crippen LogP contribution is -2.43. The van der Waals surface area contributed by atoms with Crippen LogP contribution in [-0.4, -0.2) is 12.1 Å². The molecule has 58 valence electrons. The summed E-state index contributed by atoms with van der Waals surface area (Å²) in [6.07, 6.45) is 7.29. The van der Waals surface area contributed by atoms with E-state index in [0.717, 1.165) is 18.0 Å². The highest BCUT2D eigenvalue weighted by atomic mass is 15.0. The predicted molar refractivity (Wildman–Crippen MR) is 43.0 cm³/mol. The van der Waals surface area contributed by atoms with Gasteiger partial charge in [0, 0.05) is 12.1 Å². The van der Waals surface area contributed by atoms with E-state index in [4.69, 9.17) is 0 Å². The first-order valence-electron chi connectivity index (χ1n) is 4.62. The summed E-state index contributed by atoms with van der Waals surface area (Å²) in [5, 5.41) is 3.68. The highest BCUT2D eigenvalue weighted by Gasteiger charge is 2.31. The molecule has 2 rings (SSSR count). The molecule has 0 amide bonds. The second kappa shape index (κ2) is 2.54. The Kier molecular flexibility index (Phi) is 1.69. The molecule has 1 N–H and O–H groups in total. The monoisotopic (exact) mass is 139 g/mol. The molecule has 2 aliphatic rings. The molecule has 3 unspecified atom stereocenters. The molecule has 0 aromatic rings. The fraction of sp³-hybridized carbons (Fsp3) is 1.00. The molecule has 2 fully saturated rings. The van der Waals surface area contributed by atoms with Crippen molar-refractivity contribution in [3.8, 4) is 0 Å². The van der Waals surface area contributed by atoms with E-state index in [1.165, 1.54) is 32.1 Å². The van der Waals surface area contributed by atoms with Gasteiger partial charge in [-0.1, -0.05) is 6.42 Å². The topological polar surface area (TPSA) is 12.0 Å². The molecule has 10 heavy (non-hydrogen) atoms. The zero-order valence-corrected chi connectivity index (χ0v) is 6.77. The molecule has 1 saturated heterocycles. The molecule has 0 aromatic heterocycles. The van der Waals surface area contributed by atoms with Crippen LogP contribution in [0.25, 0.3) is 0 Å². The molecule has 0 bridgehead atoms. The summed E-state index contributed by atoms with van der Waals surface area (Å²) < 4.78 is 0. The minimum absolute atomic E-state index is 0.791. The smallest absolute Gasteiger partial charge is 0.00978 e. The third-order valence-electron chi connectivity index (χ3n) is 3.13. The van der Waals surface area contributed by atoms with Gasteiger partial charge in [-0.25, -0.2) is 0 Å². The summed E-state index contributed by atoms with van der Waals surface area (Å²) in [5.41, 5.74) is 0. The average molecular weight is 139 g/mol. The number of hydrogen-bond acceptors (Lipinski definition) is 1. The standard InChI is InChI=1S/C9H17N/c1-7-5-6-8-3-2-4-9(8)10-7/h7-10H,2-6H2,1H3. The minimum atomic E-state index is 0.791. The Morgan fingerprint density at radius 1 is 1.10 bits per heavy atom. The van der Waals surface area contributed by atoms with E-state index in [-0.39, 0.29) is 0 Å². The number of hydrogen-bond donors (Lipinski definition) is 1. The first kappa shape index (κ1) is 6.66. The van der Waals surface area contributed by atoms with Gasteiger partial charge in [-0.2, -0.15) is 0 Å². The van der Waals surface area contributed by atoms with Crippen molar-refractivity contribution >= 4 is 0 Å². The van der Waals surface area contributed by atoms with Gasteiger partial charge in [0.25, 0.3) is 0 Å². The number of nitrogens with one attached hydrogen (secondary N) is 1. The van der Waals surface area contributed by atoms with Gasteiger partial charge in [0.1, 0.15) is 0 Å². The quantitative estimate of drug-likeness (QED) is 0.540. The molecule has 0 aromatic carbocycles. The van der Waals surface area contributed by atoms with E-state index in [9.17, 15) is 0 Å². The van der Waals surface area contributed by atoms with Crippen LogP contribution < -0.4 is 5.32 Å². The van der Waals surface area contributed by atoms with Gasteiger partial charge in [-0.05, 0) is 38.5 Å². The largest absolute Gasteiger partial charge is 0.311 e. The summed E-state index contributed by atoms with van der Waals surface area (Å²) >= 11 is 0. The number of rotatable bonds is 0. The van der Waals surface area contributed by atoms with Crippen molar-refractivity contribution in [1.82, 2.24) is 5.32 Å². The Hall–Kier alpha value is -0.0400. The lowest BCUT2D eigenvalue weighted by Gasteiger charge is -2.31. The van der Waals surface area contributed by atoms with Crippen molar-refractivity contribution in [3.63, 3.8) is 0 Å². The van der Waals surface area contributed by atoms with Crippen molar-refractivity contribution < 1.29 is 0 Å². The highest BCUT2D eigenvalue weighted by Crippen LogP contribution is 2.33. The van der Waals surface area contributed by atoms with Crippen molar-refractivity contribution in [3.05, 3.63) is 0 Å². The van der Waals surface area contributed by atoms with Crippen LogP contribution >= 0.6 is 0 Å². The van der Waals surface area contributed by atoms with E-state index in [1.807, 2.05) is 0 Å². The van der Waals surface area contributed by atoms with Crippen LogP contribution in [0.2, 0.25) is 0 Å².